The standard InChI is InChI=1S/C14H19ClFNO3/c1-3-13(20-4-2)14(19)17-8-12(18)9-5-6-10(15)11(16)7-9/h5-7,12-13,18H,3-4,8H2,1-2H3,(H,17,19). The second kappa shape index (κ2) is 8.19. The molecule has 1 rings (SSSR count). The quantitative estimate of drug-likeness (QED) is 0.813. The molecular weight excluding hydrogens is 285 g/mol. The number of benzene rings is 1. The van der Waals surface area contributed by atoms with E-state index in [1.807, 2.05) is 6.92 Å². The number of aliphatic hydroxyl groups excluding tert-OH is 1. The molecule has 6 heteroatoms. The summed E-state index contributed by atoms with van der Waals surface area (Å²) in [5.74, 6) is -0.891. The van der Waals surface area contributed by atoms with E-state index >= 15 is 0 Å². The van der Waals surface area contributed by atoms with Gasteiger partial charge in [0.05, 0.1) is 11.1 Å². The highest BCUT2D eigenvalue weighted by atomic mass is 35.5. The average molecular weight is 304 g/mol. The largest absolute Gasteiger partial charge is 0.387 e. The van der Waals surface area contributed by atoms with Crippen LogP contribution >= 0.6 is 11.6 Å². The van der Waals surface area contributed by atoms with Crippen LogP contribution in [-0.2, 0) is 9.53 Å². The molecule has 0 heterocycles. The van der Waals surface area contributed by atoms with Crippen molar-refractivity contribution >= 4 is 17.5 Å². The highest BCUT2D eigenvalue weighted by Gasteiger charge is 2.18. The van der Waals surface area contributed by atoms with E-state index in [1.165, 1.54) is 12.1 Å². The smallest absolute Gasteiger partial charge is 0.249 e. The number of hydrogen-bond donors (Lipinski definition) is 2. The van der Waals surface area contributed by atoms with E-state index in [2.05, 4.69) is 5.32 Å². The third-order valence-electron chi connectivity index (χ3n) is 2.83. The van der Waals surface area contributed by atoms with E-state index in [9.17, 15) is 14.3 Å². The SMILES string of the molecule is CCOC(CC)C(=O)NCC(O)c1ccc(Cl)c(F)c1. The second-order valence-electron chi connectivity index (χ2n) is 4.29. The lowest BCUT2D eigenvalue weighted by molar-refractivity contribution is -0.133. The summed E-state index contributed by atoms with van der Waals surface area (Å²) in [6.45, 7) is 4.08. The van der Waals surface area contributed by atoms with Gasteiger partial charge in [-0.15, -0.1) is 0 Å². The molecule has 20 heavy (non-hydrogen) atoms. The second-order valence-corrected chi connectivity index (χ2v) is 4.69. The van der Waals surface area contributed by atoms with Crippen LogP contribution in [0.1, 0.15) is 31.9 Å². The molecule has 0 aliphatic heterocycles. The number of aliphatic hydroxyl groups is 1. The van der Waals surface area contributed by atoms with Gasteiger partial charge in [-0.25, -0.2) is 4.39 Å². The molecule has 0 aliphatic carbocycles. The van der Waals surface area contributed by atoms with Crippen LogP contribution in [0.25, 0.3) is 0 Å². The zero-order valence-corrected chi connectivity index (χ0v) is 12.3. The minimum absolute atomic E-state index is 0.00706. The van der Waals surface area contributed by atoms with Crippen molar-refractivity contribution in [3.63, 3.8) is 0 Å². The van der Waals surface area contributed by atoms with Gasteiger partial charge in [0.15, 0.2) is 0 Å². The molecule has 4 nitrogen and oxygen atoms in total. The minimum Gasteiger partial charge on any atom is -0.387 e. The van der Waals surface area contributed by atoms with Crippen LogP contribution in [0.15, 0.2) is 18.2 Å². The summed E-state index contributed by atoms with van der Waals surface area (Å²) in [6, 6.07) is 4.04. The molecule has 0 bridgehead atoms. The van der Waals surface area contributed by atoms with Crippen LogP contribution in [-0.4, -0.2) is 30.3 Å². The predicted molar refractivity (Wildman–Crippen MR) is 75.1 cm³/mol. The fraction of sp³-hybridized carbons (Fsp3) is 0.500. The van der Waals surface area contributed by atoms with Crippen molar-refractivity contribution < 1.29 is 19.0 Å². The van der Waals surface area contributed by atoms with E-state index in [0.717, 1.165) is 6.07 Å². The summed E-state index contributed by atoms with van der Waals surface area (Å²) in [4.78, 5) is 11.8. The number of carbonyl (C=O) groups excluding carboxylic acids is 1. The minimum atomic E-state index is -0.996. The lowest BCUT2D eigenvalue weighted by Gasteiger charge is -2.17. The van der Waals surface area contributed by atoms with Crippen LogP contribution < -0.4 is 5.32 Å². The van der Waals surface area contributed by atoms with E-state index in [1.54, 1.807) is 6.92 Å². The van der Waals surface area contributed by atoms with E-state index in [4.69, 9.17) is 16.3 Å². The molecule has 0 radical (unpaired) electrons. The van der Waals surface area contributed by atoms with Crippen LogP contribution in [0.3, 0.4) is 0 Å². The van der Waals surface area contributed by atoms with Gasteiger partial charge in [0.2, 0.25) is 5.91 Å². The molecule has 0 aliphatic rings. The fourth-order valence-corrected chi connectivity index (χ4v) is 1.85. The summed E-state index contributed by atoms with van der Waals surface area (Å²) in [5.41, 5.74) is 0.358. The van der Waals surface area contributed by atoms with Gasteiger partial charge < -0.3 is 15.2 Å². The Bertz CT molecular complexity index is 456. The van der Waals surface area contributed by atoms with Crippen LogP contribution in [0, 0.1) is 5.82 Å². The van der Waals surface area contributed by atoms with Crippen LogP contribution in [0.4, 0.5) is 4.39 Å². The summed E-state index contributed by atoms with van der Waals surface area (Å²) >= 11 is 5.57. The van der Waals surface area contributed by atoms with Crippen molar-refractivity contribution in [2.24, 2.45) is 0 Å². The first-order chi connectivity index (χ1) is 9.49. The molecule has 0 saturated carbocycles. The Hall–Kier alpha value is -1.17. The number of carbonyl (C=O) groups is 1. The van der Waals surface area contributed by atoms with Gasteiger partial charge in [0.25, 0.3) is 0 Å². The number of halogens is 2. The van der Waals surface area contributed by atoms with Crippen molar-refractivity contribution in [1.29, 1.82) is 0 Å². The number of ether oxygens (including phenoxy) is 1. The van der Waals surface area contributed by atoms with Crippen molar-refractivity contribution in [2.75, 3.05) is 13.2 Å². The maximum absolute atomic E-state index is 13.3. The van der Waals surface area contributed by atoms with Crippen molar-refractivity contribution in [3.05, 3.63) is 34.6 Å². The van der Waals surface area contributed by atoms with Gasteiger partial charge in [-0.05, 0) is 31.0 Å². The molecule has 1 aromatic carbocycles. The molecule has 1 aromatic rings. The van der Waals surface area contributed by atoms with Gasteiger partial charge in [-0.3, -0.25) is 4.79 Å². The van der Waals surface area contributed by atoms with Gasteiger partial charge in [0.1, 0.15) is 11.9 Å². The van der Waals surface area contributed by atoms with E-state index in [0.29, 0.717) is 18.6 Å². The predicted octanol–water partition coefficient (Wildman–Crippen LogP) is 2.44. The lowest BCUT2D eigenvalue weighted by Crippen LogP contribution is -2.38. The molecule has 2 unspecified atom stereocenters. The van der Waals surface area contributed by atoms with Gasteiger partial charge in [-0.2, -0.15) is 0 Å². The Morgan fingerprint density at radius 2 is 2.20 bits per heavy atom. The van der Waals surface area contributed by atoms with E-state index in [-0.39, 0.29) is 17.5 Å². The first-order valence-electron chi connectivity index (χ1n) is 6.51. The molecule has 2 N–H and O–H groups in total. The first kappa shape index (κ1) is 16.9. The summed E-state index contributed by atoms with van der Waals surface area (Å²) in [6.07, 6.45) is -0.982. The highest BCUT2D eigenvalue weighted by molar-refractivity contribution is 6.30. The van der Waals surface area contributed by atoms with Crippen LogP contribution in [0.2, 0.25) is 5.02 Å². The normalized spacial score (nSPS) is 13.8. The van der Waals surface area contributed by atoms with Gasteiger partial charge in [0, 0.05) is 13.2 Å². The Labute approximate surface area is 122 Å². The maximum Gasteiger partial charge on any atom is 0.249 e. The van der Waals surface area contributed by atoms with Crippen molar-refractivity contribution in [1.82, 2.24) is 5.32 Å². The Balaban J connectivity index is 2.55. The molecule has 0 fully saturated rings. The average Bonchev–Trinajstić information content (AvgIpc) is 2.44. The molecule has 0 saturated heterocycles. The van der Waals surface area contributed by atoms with Crippen molar-refractivity contribution in [2.45, 2.75) is 32.5 Å². The van der Waals surface area contributed by atoms with Gasteiger partial charge >= 0.3 is 0 Å². The number of hydrogen-bond acceptors (Lipinski definition) is 3. The first-order valence-corrected chi connectivity index (χ1v) is 6.89. The lowest BCUT2D eigenvalue weighted by atomic mass is 10.1. The van der Waals surface area contributed by atoms with Crippen LogP contribution in [0.5, 0.6) is 0 Å². The summed E-state index contributed by atoms with van der Waals surface area (Å²) < 4.78 is 18.5. The maximum atomic E-state index is 13.3. The highest BCUT2D eigenvalue weighted by Crippen LogP contribution is 2.19. The Morgan fingerprint density at radius 1 is 1.50 bits per heavy atom. The Morgan fingerprint density at radius 3 is 2.75 bits per heavy atom. The molecule has 2 atom stereocenters. The molecule has 0 aromatic heterocycles. The number of rotatable bonds is 7. The third-order valence-corrected chi connectivity index (χ3v) is 3.14. The zero-order valence-electron chi connectivity index (χ0n) is 11.5. The summed E-state index contributed by atoms with van der Waals surface area (Å²) in [7, 11) is 0. The molecule has 112 valence electrons. The van der Waals surface area contributed by atoms with E-state index < -0.39 is 18.0 Å². The van der Waals surface area contributed by atoms with Gasteiger partial charge in [-0.1, -0.05) is 24.6 Å². The molecule has 1 amide bonds. The molecular formula is C14H19ClFNO3. The number of amides is 1. The summed E-state index contributed by atoms with van der Waals surface area (Å²) in [5, 5.41) is 12.5. The number of nitrogens with one attached hydrogen (secondary N) is 1. The zero-order chi connectivity index (χ0) is 15.1. The molecule has 0 spiro atoms. The monoisotopic (exact) mass is 303 g/mol. The Kier molecular flexibility index (Phi) is 6.91. The fourth-order valence-electron chi connectivity index (χ4n) is 1.73. The van der Waals surface area contributed by atoms with Crippen molar-refractivity contribution in [3.8, 4) is 0 Å². The topological polar surface area (TPSA) is 58.6 Å². The third kappa shape index (κ3) is 4.74.